The molecule has 3 rings (SSSR count). The quantitative estimate of drug-likeness (QED) is 0.480. The van der Waals surface area contributed by atoms with Gasteiger partial charge in [0.15, 0.2) is 5.96 Å². The molecule has 0 spiro atoms. The Morgan fingerprint density at radius 1 is 1.17 bits per heavy atom. The van der Waals surface area contributed by atoms with Crippen LogP contribution >= 0.6 is 11.3 Å². The van der Waals surface area contributed by atoms with Gasteiger partial charge in [0.2, 0.25) is 5.91 Å². The number of carbonyl (C=O) groups excluding carboxylic acids is 1. The third-order valence-corrected chi connectivity index (χ3v) is 5.18. The number of benzene rings is 1. The van der Waals surface area contributed by atoms with Crippen molar-refractivity contribution in [2.24, 2.45) is 4.99 Å². The van der Waals surface area contributed by atoms with Crippen molar-refractivity contribution in [1.29, 1.82) is 0 Å². The number of carbonyl (C=O) groups is 1. The zero-order valence-electron chi connectivity index (χ0n) is 16.9. The van der Waals surface area contributed by atoms with Gasteiger partial charge in [-0.2, -0.15) is 5.10 Å². The van der Waals surface area contributed by atoms with E-state index in [0.29, 0.717) is 19.0 Å². The number of hydrogen-bond acceptors (Lipinski definition) is 4. The third kappa shape index (κ3) is 5.92. The van der Waals surface area contributed by atoms with E-state index in [1.54, 1.807) is 30.3 Å². The van der Waals surface area contributed by atoms with Gasteiger partial charge in [0.1, 0.15) is 6.54 Å². The molecule has 0 fully saturated rings. The van der Waals surface area contributed by atoms with Crippen molar-refractivity contribution < 1.29 is 4.79 Å². The number of aromatic nitrogens is 2. The molecule has 1 amide bonds. The first kappa shape index (κ1) is 20.6. The van der Waals surface area contributed by atoms with Crippen LogP contribution in [0.4, 0.5) is 0 Å². The number of para-hydroxylation sites is 1. The maximum atomic E-state index is 12.0. The Bertz CT molecular complexity index is 933. The van der Waals surface area contributed by atoms with E-state index in [4.69, 9.17) is 0 Å². The van der Waals surface area contributed by atoms with Crippen LogP contribution in [0.1, 0.15) is 10.4 Å². The van der Waals surface area contributed by atoms with Crippen molar-refractivity contribution in [3.8, 4) is 5.69 Å². The van der Waals surface area contributed by atoms with E-state index >= 15 is 0 Å². The van der Waals surface area contributed by atoms with Gasteiger partial charge in [-0.15, -0.1) is 11.3 Å². The van der Waals surface area contributed by atoms with E-state index in [0.717, 1.165) is 11.3 Å². The lowest BCUT2D eigenvalue weighted by atomic mass is 10.3. The van der Waals surface area contributed by atoms with E-state index in [-0.39, 0.29) is 12.5 Å². The summed E-state index contributed by atoms with van der Waals surface area (Å²) in [6, 6.07) is 14.1. The smallest absolute Gasteiger partial charge is 0.243 e. The predicted molar refractivity (Wildman–Crippen MR) is 117 cm³/mol. The van der Waals surface area contributed by atoms with Gasteiger partial charge in [-0.1, -0.05) is 24.3 Å². The molecule has 8 heteroatoms. The summed E-state index contributed by atoms with van der Waals surface area (Å²) >= 11 is 1.69. The lowest BCUT2D eigenvalue weighted by Gasteiger charge is -2.22. The highest BCUT2D eigenvalue weighted by Crippen LogP contribution is 2.10. The Morgan fingerprint density at radius 3 is 2.66 bits per heavy atom. The Kier molecular flexibility index (Phi) is 7.02. The Labute approximate surface area is 175 Å². The summed E-state index contributed by atoms with van der Waals surface area (Å²) in [6.45, 7) is 1.40. The van der Waals surface area contributed by atoms with Crippen LogP contribution in [0.3, 0.4) is 0 Å². The molecule has 2 heterocycles. The van der Waals surface area contributed by atoms with Crippen LogP contribution in [-0.4, -0.2) is 59.1 Å². The van der Waals surface area contributed by atoms with Crippen molar-refractivity contribution in [2.75, 3.05) is 27.7 Å². The Morgan fingerprint density at radius 2 is 1.97 bits per heavy atom. The number of thiophene rings is 1. The molecule has 2 aromatic heterocycles. The molecule has 0 radical (unpaired) electrons. The second kappa shape index (κ2) is 9.88. The van der Waals surface area contributed by atoms with E-state index in [1.165, 1.54) is 4.88 Å². The number of amides is 1. The second-order valence-corrected chi connectivity index (χ2v) is 7.88. The predicted octanol–water partition coefficient (Wildman–Crippen LogP) is 2.60. The molecule has 0 aliphatic heterocycles. The first-order valence-corrected chi connectivity index (χ1v) is 10.2. The Hall–Kier alpha value is -3.13. The summed E-state index contributed by atoms with van der Waals surface area (Å²) in [5.41, 5.74) is 2.07. The van der Waals surface area contributed by atoms with Gasteiger partial charge in [-0.25, -0.2) is 9.67 Å². The summed E-state index contributed by atoms with van der Waals surface area (Å²) in [6.07, 6.45) is 3.86. The number of aliphatic imine (C=N–C) groups is 1. The number of guanidine groups is 1. The molecule has 1 N–H and O–H groups in total. The topological polar surface area (TPSA) is 65.8 Å². The first-order valence-electron chi connectivity index (χ1n) is 9.34. The minimum absolute atomic E-state index is 0.0364. The molecule has 3 aromatic rings. The van der Waals surface area contributed by atoms with Gasteiger partial charge >= 0.3 is 0 Å². The summed E-state index contributed by atoms with van der Waals surface area (Å²) in [5.74, 6) is 0.645. The van der Waals surface area contributed by atoms with Crippen molar-refractivity contribution >= 4 is 23.2 Å². The standard InChI is InChI=1S/C21H26N6OS/c1-25(2)20(28)14-23-21(22-13-19-10-7-11-29-19)26(3)15-17-12-24-27(16-17)18-8-5-4-6-9-18/h4-12,16H,13-15H2,1-3H3,(H,22,23). The normalized spacial score (nSPS) is 11.3. The summed E-state index contributed by atoms with van der Waals surface area (Å²) < 4.78 is 1.86. The molecule has 29 heavy (non-hydrogen) atoms. The van der Waals surface area contributed by atoms with Crippen LogP contribution in [0, 0.1) is 0 Å². The summed E-state index contributed by atoms with van der Waals surface area (Å²) in [4.78, 5) is 21.3. The van der Waals surface area contributed by atoms with Gasteiger partial charge in [0.05, 0.1) is 18.4 Å². The van der Waals surface area contributed by atoms with Gasteiger partial charge in [0.25, 0.3) is 0 Å². The fraction of sp³-hybridized carbons (Fsp3) is 0.286. The lowest BCUT2D eigenvalue weighted by molar-refractivity contribution is -0.127. The van der Waals surface area contributed by atoms with Crippen LogP contribution in [0.25, 0.3) is 5.69 Å². The highest BCUT2D eigenvalue weighted by atomic mass is 32.1. The minimum Gasteiger partial charge on any atom is -0.351 e. The van der Waals surface area contributed by atoms with Crippen molar-refractivity contribution in [3.63, 3.8) is 0 Å². The van der Waals surface area contributed by atoms with E-state index < -0.39 is 0 Å². The lowest BCUT2D eigenvalue weighted by Crippen LogP contribution is -2.39. The summed E-state index contributed by atoms with van der Waals surface area (Å²) in [5, 5.41) is 9.86. The minimum atomic E-state index is -0.0364. The van der Waals surface area contributed by atoms with Crippen LogP contribution in [0.2, 0.25) is 0 Å². The zero-order chi connectivity index (χ0) is 20.6. The first-order chi connectivity index (χ1) is 14.0. The molecule has 0 aliphatic carbocycles. The van der Waals surface area contributed by atoms with Crippen LogP contribution < -0.4 is 5.32 Å². The summed E-state index contributed by atoms with van der Waals surface area (Å²) in [7, 11) is 5.43. The molecule has 0 saturated carbocycles. The molecule has 0 aliphatic rings. The molecule has 0 saturated heterocycles. The van der Waals surface area contributed by atoms with Crippen LogP contribution in [-0.2, 0) is 17.9 Å². The van der Waals surface area contributed by atoms with Crippen molar-refractivity contribution in [2.45, 2.75) is 13.1 Å². The molecular formula is C21H26N6OS. The fourth-order valence-corrected chi connectivity index (χ4v) is 3.33. The maximum Gasteiger partial charge on any atom is 0.243 e. The number of nitrogens with one attached hydrogen (secondary N) is 1. The number of nitrogens with zero attached hydrogens (tertiary/aromatic N) is 5. The number of likely N-dealkylation sites (N-methyl/N-ethyl adjacent to an activating group) is 1. The second-order valence-electron chi connectivity index (χ2n) is 6.85. The number of rotatable bonds is 7. The molecule has 0 unspecified atom stereocenters. The van der Waals surface area contributed by atoms with Gasteiger partial charge < -0.3 is 15.1 Å². The molecule has 152 valence electrons. The van der Waals surface area contributed by atoms with E-state index in [2.05, 4.69) is 21.5 Å². The fourth-order valence-electron chi connectivity index (χ4n) is 2.69. The third-order valence-electron chi connectivity index (χ3n) is 4.30. The molecule has 1 aromatic carbocycles. The SMILES string of the molecule is CN(C)C(=O)CN=C(NCc1cccs1)N(C)Cc1cnn(-c2ccccc2)c1. The Balaban J connectivity index is 1.69. The van der Waals surface area contributed by atoms with Gasteiger partial charge in [0, 0.05) is 44.3 Å². The average Bonchev–Trinajstić information content (AvgIpc) is 3.40. The zero-order valence-corrected chi connectivity index (χ0v) is 17.8. The van der Waals surface area contributed by atoms with Gasteiger partial charge in [-0.05, 0) is 23.6 Å². The highest BCUT2D eigenvalue weighted by Gasteiger charge is 2.11. The van der Waals surface area contributed by atoms with Crippen molar-refractivity contribution in [3.05, 3.63) is 70.7 Å². The average molecular weight is 411 g/mol. The van der Waals surface area contributed by atoms with Crippen LogP contribution in [0.15, 0.2) is 65.2 Å². The highest BCUT2D eigenvalue weighted by molar-refractivity contribution is 7.09. The maximum absolute atomic E-state index is 12.0. The van der Waals surface area contributed by atoms with E-state index in [1.807, 2.05) is 70.8 Å². The van der Waals surface area contributed by atoms with Crippen molar-refractivity contribution in [1.82, 2.24) is 24.9 Å². The van der Waals surface area contributed by atoms with E-state index in [9.17, 15) is 4.79 Å². The monoisotopic (exact) mass is 410 g/mol. The van der Waals surface area contributed by atoms with Gasteiger partial charge in [-0.3, -0.25) is 4.79 Å². The molecule has 7 nitrogen and oxygen atoms in total. The molecule has 0 bridgehead atoms. The van der Waals surface area contributed by atoms with Crippen LogP contribution in [0.5, 0.6) is 0 Å². The molecule has 0 atom stereocenters. The largest absolute Gasteiger partial charge is 0.351 e. The molecular weight excluding hydrogens is 384 g/mol. The number of hydrogen-bond donors (Lipinski definition) is 1.